The summed E-state index contributed by atoms with van der Waals surface area (Å²) in [5.74, 6) is 0.990. The van der Waals surface area contributed by atoms with Gasteiger partial charge < -0.3 is 14.8 Å². The molecule has 0 radical (unpaired) electrons. The normalized spacial score (nSPS) is 10.9. The van der Waals surface area contributed by atoms with E-state index in [0.29, 0.717) is 22.0 Å². The molecule has 164 valence electrons. The van der Waals surface area contributed by atoms with E-state index >= 15 is 0 Å². The summed E-state index contributed by atoms with van der Waals surface area (Å²) in [6, 6.07) is 14.9. The van der Waals surface area contributed by atoms with E-state index in [1.807, 2.05) is 63.2 Å². The van der Waals surface area contributed by atoms with Crippen LogP contribution in [0.4, 0.5) is 5.69 Å². The molecular formula is C24H23ClN4O3. The van der Waals surface area contributed by atoms with Gasteiger partial charge in [0, 0.05) is 5.69 Å². The summed E-state index contributed by atoms with van der Waals surface area (Å²) in [5, 5.41) is 12.4. The number of hydrogen-bond acceptors (Lipinski definition) is 5. The Bertz CT molecular complexity index is 1280. The van der Waals surface area contributed by atoms with E-state index in [-0.39, 0.29) is 12.5 Å². The van der Waals surface area contributed by atoms with E-state index in [2.05, 4.69) is 15.5 Å². The lowest BCUT2D eigenvalue weighted by Crippen LogP contribution is -2.21. The lowest BCUT2D eigenvalue weighted by Gasteiger charge is -2.13. The SMILES string of the molecule is COc1ccc(-n2nc3cc(C)c(NC(=O)COc4c(C)cc(C)cc4Cl)cc3n2)cc1. The number of aromatic nitrogens is 3. The van der Waals surface area contributed by atoms with Crippen LogP contribution in [0.15, 0.2) is 48.5 Å². The van der Waals surface area contributed by atoms with Gasteiger partial charge in [-0.3, -0.25) is 4.79 Å². The molecule has 4 aromatic rings. The maximum Gasteiger partial charge on any atom is 0.262 e. The van der Waals surface area contributed by atoms with Crippen LogP contribution in [0.25, 0.3) is 16.7 Å². The summed E-state index contributed by atoms with van der Waals surface area (Å²) >= 11 is 6.26. The zero-order valence-electron chi connectivity index (χ0n) is 18.3. The molecule has 8 heteroatoms. The number of aryl methyl sites for hydroxylation is 3. The first-order valence-electron chi connectivity index (χ1n) is 10.1. The van der Waals surface area contributed by atoms with Crippen LogP contribution in [-0.2, 0) is 4.79 Å². The zero-order valence-corrected chi connectivity index (χ0v) is 19.0. The first-order chi connectivity index (χ1) is 15.3. The summed E-state index contributed by atoms with van der Waals surface area (Å²) in [4.78, 5) is 14.1. The molecule has 0 saturated heterocycles. The fraction of sp³-hybridized carbons (Fsp3) is 0.208. The highest BCUT2D eigenvalue weighted by Gasteiger charge is 2.13. The van der Waals surface area contributed by atoms with Gasteiger partial charge in [-0.25, -0.2) is 0 Å². The quantitative estimate of drug-likeness (QED) is 0.446. The van der Waals surface area contributed by atoms with E-state index in [4.69, 9.17) is 21.1 Å². The summed E-state index contributed by atoms with van der Waals surface area (Å²) in [6.07, 6.45) is 0. The lowest BCUT2D eigenvalue weighted by atomic mass is 10.1. The molecule has 7 nitrogen and oxygen atoms in total. The number of ether oxygens (including phenoxy) is 2. The Balaban J connectivity index is 1.50. The maximum atomic E-state index is 12.5. The Morgan fingerprint density at radius 2 is 1.69 bits per heavy atom. The van der Waals surface area contributed by atoms with Crippen LogP contribution in [0.3, 0.4) is 0 Å². The molecule has 0 saturated carbocycles. The molecular weight excluding hydrogens is 428 g/mol. The predicted octanol–water partition coefficient (Wildman–Crippen LogP) is 5.03. The fourth-order valence-electron chi connectivity index (χ4n) is 3.44. The van der Waals surface area contributed by atoms with E-state index in [0.717, 1.165) is 33.6 Å². The van der Waals surface area contributed by atoms with Crippen molar-refractivity contribution >= 4 is 34.2 Å². The number of halogens is 1. The van der Waals surface area contributed by atoms with Crippen LogP contribution in [0.1, 0.15) is 16.7 Å². The monoisotopic (exact) mass is 450 g/mol. The molecule has 0 bridgehead atoms. The number of hydrogen-bond donors (Lipinski definition) is 1. The first kappa shape index (κ1) is 21.6. The number of nitrogens with one attached hydrogen (secondary N) is 1. The first-order valence-corrected chi connectivity index (χ1v) is 10.4. The van der Waals surface area contributed by atoms with Gasteiger partial charge in [0.05, 0.1) is 17.8 Å². The smallest absolute Gasteiger partial charge is 0.262 e. The van der Waals surface area contributed by atoms with Crippen molar-refractivity contribution in [3.05, 3.63) is 70.2 Å². The van der Waals surface area contributed by atoms with Crippen molar-refractivity contribution in [2.45, 2.75) is 20.8 Å². The molecule has 0 aliphatic heterocycles. The summed E-state index contributed by atoms with van der Waals surface area (Å²) in [7, 11) is 1.62. The summed E-state index contributed by atoms with van der Waals surface area (Å²) in [5.41, 5.74) is 5.65. The highest BCUT2D eigenvalue weighted by Crippen LogP contribution is 2.30. The van der Waals surface area contributed by atoms with Crippen LogP contribution in [0.5, 0.6) is 11.5 Å². The van der Waals surface area contributed by atoms with Gasteiger partial charge in [0.2, 0.25) is 0 Å². The van der Waals surface area contributed by atoms with E-state index in [1.165, 1.54) is 0 Å². The molecule has 1 aromatic heterocycles. The Labute approximate surface area is 190 Å². The standard InChI is InChI=1S/C24H23ClN4O3/c1-14-9-16(3)24(19(25)10-14)32-13-23(30)26-20-12-22-21(11-15(20)2)27-29(28-22)17-5-7-18(31-4)8-6-17/h5-12H,13H2,1-4H3,(H,26,30). The number of amides is 1. The van der Waals surface area contributed by atoms with Gasteiger partial charge in [-0.2, -0.15) is 4.80 Å². The molecule has 3 aromatic carbocycles. The second-order valence-electron chi connectivity index (χ2n) is 7.57. The molecule has 0 spiro atoms. The second-order valence-corrected chi connectivity index (χ2v) is 7.98. The second kappa shape index (κ2) is 8.88. The van der Waals surface area contributed by atoms with Crippen molar-refractivity contribution in [3.8, 4) is 17.2 Å². The molecule has 4 rings (SSSR count). The lowest BCUT2D eigenvalue weighted by molar-refractivity contribution is -0.118. The van der Waals surface area contributed by atoms with Gasteiger partial charge in [0.15, 0.2) is 6.61 Å². The third-order valence-corrected chi connectivity index (χ3v) is 5.31. The minimum absolute atomic E-state index is 0.153. The number of carbonyl (C=O) groups is 1. The van der Waals surface area contributed by atoms with Gasteiger partial charge >= 0.3 is 0 Å². The number of nitrogens with zero attached hydrogens (tertiary/aromatic N) is 3. The highest BCUT2D eigenvalue weighted by molar-refractivity contribution is 6.32. The van der Waals surface area contributed by atoms with Gasteiger partial charge in [0.25, 0.3) is 5.91 Å². The number of methoxy groups -OCH3 is 1. The third kappa shape index (κ3) is 4.53. The summed E-state index contributed by atoms with van der Waals surface area (Å²) in [6.45, 7) is 5.61. The van der Waals surface area contributed by atoms with Crippen LogP contribution >= 0.6 is 11.6 Å². The number of fused-ring (bicyclic) bond motifs is 1. The molecule has 0 aliphatic rings. The van der Waals surface area contributed by atoms with Crippen LogP contribution in [0, 0.1) is 20.8 Å². The number of rotatable bonds is 6. The molecule has 0 unspecified atom stereocenters. The summed E-state index contributed by atoms with van der Waals surface area (Å²) < 4.78 is 10.9. The Hall–Kier alpha value is -3.58. The molecule has 0 atom stereocenters. The van der Waals surface area contributed by atoms with Gasteiger partial charge in [0.1, 0.15) is 22.5 Å². The van der Waals surface area contributed by atoms with Gasteiger partial charge in [-0.15, -0.1) is 10.2 Å². The van der Waals surface area contributed by atoms with Crippen molar-refractivity contribution in [2.75, 3.05) is 19.0 Å². The molecule has 0 aliphatic carbocycles. The predicted molar refractivity (Wildman–Crippen MR) is 125 cm³/mol. The van der Waals surface area contributed by atoms with Crippen molar-refractivity contribution in [2.24, 2.45) is 0 Å². The molecule has 1 heterocycles. The molecule has 1 amide bonds. The maximum absolute atomic E-state index is 12.5. The van der Waals surface area contributed by atoms with E-state index in [9.17, 15) is 4.79 Å². The minimum atomic E-state index is -0.286. The average Bonchev–Trinajstić information content (AvgIpc) is 3.16. The Morgan fingerprint density at radius 1 is 1.00 bits per heavy atom. The van der Waals surface area contributed by atoms with Crippen molar-refractivity contribution in [3.63, 3.8) is 0 Å². The fourth-order valence-corrected chi connectivity index (χ4v) is 3.82. The largest absolute Gasteiger partial charge is 0.497 e. The van der Waals surface area contributed by atoms with Crippen molar-refractivity contribution in [1.29, 1.82) is 0 Å². The van der Waals surface area contributed by atoms with Crippen molar-refractivity contribution in [1.82, 2.24) is 15.0 Å². The van der Waals surface area contributed by atoms with Crippen molar-refractivity contribution < 1.29 is 14.3 Å². The number of anilines is 1. The third-order valence-electron chi connectivity index (χ3n) is 5.03. The van der Waals surface area contributed by atoms with Gasteiger partial charge in [-0.05, 0) is 79.9 Å². The molecule has 32 heavy (non-hydrogen) atoms. The highest BCUT2D eigenvalue weighted by atomic mass is 35.5. The van der Waals surface area contributed by atoms with Crippen LogP contribution in [-0.4, -0.2) is 34.6 Å². The van der Waals surface area contributed by atoms with E-state index < -0.39 is 0 Å². The zero-order chi connectivity index (χ0) is 22.8. The van der Waals surface area contributed by atoms with E-state index in [1.54, 1.807) is 18.0 Å². The molecule has 0 fully saturated rings. The minimum Gasteiger partial charge on any atom is -0.497 e. The average molecular weight is 451 g/mol. The molecule has 1 N–H and O–H groups in total. The van der Waals surface area contributed by atoms with Gasteiger partial charge in [-0.1, -0.05) is 17.7 Å². The number of carbonyl (C=O) groups excluding carboxylic acids is 1. The topological polar surface area (TPSA) is 78.3 Å². The Kier molecular flexibility index (Phi) is 6.01. The number of benzene rings is 3. The van der Waals surface area contributed by atoms with Crippen LogP contribution < -0.4 is 14.8 Å². The van der Waals surface area contributed by atoms with Crippen LogP contribution in [0.2, 0.25) is 5.02 Å². The Morgan fingerprint density at radius 3 is 2.34 bits per heavy atom.